The van der Waals surface area contributed by atoms with Crippen LogP contribution in [0.5, 0.6) is 0 Å². The van der Waals surface area contributed by atoms with Crippen LogP contribution in [0.4, 0.5) is 0 Å². The van der Waals surface area contributed by atoms with Gasteiger partial charge in [0.15, 0.2) is 5.78 Å². The standard InChI is InChI=1S/C12H11NO2S/c1-8(14)10-3-4-12(13-7-10)16-11-5-6-15-9(11)2/h3-7H,1-2H3. The Bertz CT molecular complexity index is 502. The van der Waals surface area contributed by atoms with Gasteiger partial charge in [-0.1, -0.05) is 11.8 Å². The third kappa shape index (κ3) is 2.33. The summed E-state index contributed by atoms with van der Waals surface area (Å²) in [6.45, 7) is 3.44. The number of carbonyl (C=O) groups is 1. The predicted molar refractivity (Wildman–Crippen MR) is 61.8 cm³/mol. The minimum atomic E-state index is 0.0311. The fraction of sp³-hybridized carbons (Fsp3) is 0.167. The number of nitrogens with zero attached hydrogens (tertiary/aromatic N) is 1. The number of hydrogen-bond acceptors (Lipinski definition) is 4. The van der Waals surface area contributed by atoms with Gasteiger partial charge in [-0.05, 0) is 32.0 Å². The molecule has 0 saturated carbocycles. The van der Waals surface area contributed by atoms with Crippen LogP contribution in [-0.4, -0.2) is 10.8 Å². The van der Waals surface area contributed by atoms with Crippen LogP contribution in [0.15, 0.2) is 45.0 Å². The molecule has 0 unspecified atom stereocenters. The first-order valence-corrected chi connectivity index (χ1v) is 5.67. The summed E-state index contributed by atoms with van der Waals surface area (Å²) >= 11 is 1.53. The van der Waals surface area contributed by atoms with Crippen LogP contribution >= 0.6 is 11.8 Å². The Morgan fingerprint density at radius 1 is 1.38 bits per heavy atom. The molecule has 0 aliphatic carbocycles. The van der Waals surface area contributed by atoms with Gasteiger partial charge in [0.25, 0.3) is 0 Å². The largest absolute Gasteiger partial charge is 0.468 e. The van der Waals surface area contributed by atoms with Crippen molar-refractivity contribution in [2.45, 2.75) is 23.8 Å². The third-order valence-electron chi connectivity index (χ3n) is 2.17. The van der Waals surface area contributed by atoms with Gasteiger partial charge >= 0.3 is 0 Å². The first kappa shape index (κ1) is 11.0. The Kier molecular flexibility index (Phi) is 3.10. The Balaban J connectivity index is 2.17. The van der Waals surface area contributed by atoms with Crippen molar-refractivity contribution in [3.05, 3.63) is 42.0 Å². The molecule has 0 amide bonds. The highest BCUT2D eigenvalue weighted by molar-refractivity contribution is 7.99. The number of aryl methyl sites for hydroxylation is 1. The average Bonchev–Trinajstić information content (AvgIpc) is 2.65. The number of hydrogen-bond donors (Lipinski definition) is 0. The molecule has 0 aliphatic rings. The van der Waals surface area contributed by atoms with Gasteiger partial charge in [-0.2, -0.15) is 0 Å². The number of furan rings is 1. The number of pyridine rings is 1. The second kappa shape index (κ2) is 4.53. The Morgan fingerprint density at radius 2 is 2.19 bits per heavy atom. The summed E-state index contributed by atoms with van der Waals surface area (Å²) in [5, 5.41) is 0.856. The molecule has 0 atom stereocenters. The van der Waals surface area contributed by atoms with Gasteiger partial charge in [0.2, 0.25) is 0 Å². The molecule has 4 heteroatoms. The van der Waals surface area contributed by atoms with E-state index in [2.05, 4.69) is 4.98 Å². The van der Waals surface area contributed by atoms with Gasteiger partial charge in [-0.3, -0.25) is 4.79 Å². The zero-order chi connectivity index (χ0) is 11.5. The van der Waals surface area contributed by atoms with Crippen molar-refractivity contribution in [3.8, 4) is 0 Å². The highest BCUT2D eigenvalue weighted by Crippen LogP contribution is 2.29. The summed E-state index contributed by atoms with van der Waals surface area (Å²) in [7, 11) is 0. The van der Waals surface area contributed by atoms with Crippen LogP contribution in [0, 0.1) is 6.92 Å². The van der Waals surface area contributed by atoms with Gasteiger partial charge in [-0.25, -0.2) is 4.98 Å². The molecule has 0 N–H and O–H groups in total. The van der Waals surface area contributed by atoms with E-state index in [0.717, 1.165) is 15.7 Å². The van der Waals surface area contributed by atoms with Crippen molar-refractivity contribution in [1.29, 1.82) is 0 Å². The van der Waals surface area contributed by atoms with E-state index in [1.807, 2.05) is 19.1 Å². The van der Waals surface area contributed by atoms with Gasteiger partial charge < -0.3 is 4.42 Å². The lowest BCUT2D eigenvalue weighted by molar-refractivity contribution is 0.101. The molecule has 2 rings (SSSR count). The third-order valence-corrected chi connectivity index (χ3v) is 3.26. The van der Waals surface area contributed by atoms with Crippen molar-refractivity contribution in [1.82, 2.24) is 4.98 Å². The first-order valence-electron chi connectivity index (χ1n) is 4.86. The Labute approximate surface area is 97.9 Å². The molecule has 3 nitrogen and oxygen atoms in total. The number of rotatable bonds is 3. The molecular formula is C12H11NO2S. The van der Waals surface area contributed by atoms with Gasteiger partial charge in [0.1, 0.15) is 10.8 Å². The van der Waals surface area contributed by atoms with Gasteiger partial charge in [-0.15, -0.1) is 0 Å². The fourth-order valence-electron chi connectivity index (χ4n) is 1.24. The molecule has 16 heavy (non-hydrogen) atoms. The van der Waals surface area contributed by atoms with E-state index >= 15 is 0 Å². The summed E-state index contributed by atoms with van der Waals surface area (Å²) in [6, 6.07) is 5.53. The predicted octanol–water partition coefficient (Wildman–Crippen LogP) is 3.34. The maximum atomic E-state index is 11.1. The van der Waals surface area contributed by atoms with E-state index in [1.165, 1.54) is 18.7 Å². The molecule has 0 fully saturated rings. The van der Waals surface area contributed by atoms with Crippen molar-refractivity contribution in [2.24, 2.45) is 0 Å². The van der Waals surface area contributed by atoms with E-state index < -0.39 is 0 Å². The van der Waals surface area contributed by atoms with E-state index in [1.54, 1.807) is 18.5 Å². The summed E-state index contributed by atoms with van der Waals surface area (Å²) in [4.78, 5) is 16.3. The maximum absolute atomic E-state index is 11.1. The average molecular weight is 233 g/mol. The summed E-state index contributed by atoms with van der Waals surface area (Å²) in [5.41, 5.74) is 0.633. The second-order valence-electron chi connectivity index (χ2n) is 3.38. The SMILES string of the molecule is CC(=O)c1ccc(Sc2ccoc2C)nc1. The number of Topliss-reactive ketones (excluding diaryl/α,β-unsaturated/α-hetero) is 1. The van der Waals surface area contributed by atoms with Gasteiger partial charge in [0.05, 0.1) is 11.2 Å². The van der Waals surface area contributed by atoms with Crippen LogP contribution in [0.1, 0.15) is 23.0 Å². The molecule has 2 aromatic heterocycles. The van der Waals surface area contributed by atoms with Gasteiger partial charge in [0, 0.05) is 11.8 Å². The second-order valence-corrected chi connectivity index (χ2v) is 4.45. The summed E-state index contributed by atoms with van der Waals surface area (Å²) in [5.74, 6) is 0.908. The smallest absolute Gasteiger partial charge is 0.161 e. The van der Waals surface area contributed by atoms with Crippen molar-refractivity contribution in [3.63, 3.8) is 0 Å². The monoisotopic (exact) mass is 233 g/mol. The lowest BCUT2D eigenvalue weighted by Crippen LogP contribution is -1.92. The lowest BCUT2D eigenvalue weighted by atomic mass is 10.2. The van der Waals surface area contributed by atoms with Crippen LogP contribution < -0.4 is 0 Å². The molecule has 0 aromatic carbocycles. The highest BCUT2D eigenvalue weighted by atomic mass is 32.2. The lowest BCUT2D eigenvalue weighted by Gasteiger charge is -1.99. The molecule has 2 heterocycles. The molecule has 0 aliphatic heterocycles. The normalized spacial score (nSPS) is 10.4. The van der Waals surface area contributed by atoms with Crippen LogP contribution in [0.3, 0.4) is 0 Å². The molecule has 2 aromatic rings. The number of aromatic nitrogens is 1. The van der Waals surface area contributed by atoms with Crippen LogP contribution in [0.2, 0.25) is 0 Å². The topological polar surface area (TPSA) is 43.1 Å². The van der Waals surface area contributed by atoms with Crippen LogP contribution in [0.25, 0.3) is 0 Å². The minimum absolute atomic E-state index is 0.0311. The number of carbonyl (C=O) groups excluding carboxylic acids is 1. The van der Waals surface area contributed by atoms with Crippen LogP contribution in [-0.2, 0) is 0 Å². The number of ketones is 1. The molecule has 0 saturated heterocycles. The van der Waals surface area contributed by atoms with Crippen molar-refractivity contribution < 1.29 is 9.21 Å². The van der Waals surface area contributed by atoms with E-state index in [-0.39, 0.29) is 5.78 Å². The Morgan fingerprint density at radius 3 is 2.69 bits per heavy atom. The molecule has 82 valence electrons. The summed E-state index contributed by atoms with van der Waals surface area (Å²) < 4.78 is 5.20. The highest BCUT2D eigenvalue weighted by Gasteiger charge is 2.05. The zero-order valence-electron chi connectivity index (χ0n) is 9.06. The molecule has 0 spiro atoms. The molecule has 0 radical (unpaired) electrons. The fourth-order valence-corrected chi connectivity index (χ4v) is 2.02. The minimum Gasteiger partial charge on any atom is -0.468 e. The van der Waals surface area contributed by atoms with Crippen molar-refractivity contribution >= 4 is 17.5 Å². The molecular weight excluding hydrogens is 222 g/mol. The first-order chi connectivity index (χ1) is 7.66. The quantitative estimate of drug-likeness (QED) is 0.762. The van der Waals surface area contributed by atoms with Crippen molar-refractivity contribution in [2.75, 3.05) is 0 Å². The van der Waals surface area contributed by atoms with E-state index in [0.29, 0.717) is 5.56 Å². The molecule has 0 bridgehead atoms. The summed E-state index contributed by atoms with van der Waals surface area (Å²) in [6.07, 6.45) is 3.25. The van der Waals surface area contributed by atoms with E-state index in [4.69, 9.17) is 4.42 Å². The maximum Gasteiger partial charge on any atom is 0.161 e. The Hall–Kier alpha value is -1.55. The van der Waals surface area contributed by atoms with E-state index in [9.17, 15) is 4.79 Å². The zero-order valence-corrected chi connectivity index (χ0v) is 9.88.